The highest BCUT2D eigenvalue weighted by Gasteiger charge is 2.48. The number of benzene rings is 2. The van der Waals surface area contributed by atoms with Gasteiger partial charge in [-0.25, -0.2) is 9.78 Å². The van der Waals surface area contributed by atoms with Gasteiger partial charge in [0, 0.05) is 17.0 Å². The molecular weight excluding hydrogens is 504 g/mol. The maximum atomic E-state index is 13.4. The number of carbonyl (C=O) groups excluding carboxylic acids is 3. The summed E-state index contributed by atoms with van der Waals surface area (Å²) in [5.74, 6) is -1.93. The van der Waals surface area contributed by atoms with Crippen molar-refractivity contribution >= 4 is 51.5 Å². The Morgan fingerprint density at radius 3 is 2.75 bits per heavy atom. The van der Waals surface area contributed by atoms with E-state index in [4.69, 9.17) is 21.1 Å². The van der Waals surface area contributed by atoms with Crippen LogP contribution in [0.4, 0.5) is 5.13 Å². The number of aromatic nitrogens is 1. The molecule has 3 aromatic rings. The second-order valence-electron chi connectivity index (χ2n) is 8.58. The third-order valence-corrected chi connectivity index (χ3v) is 7.51. The molecule has 3 heterocycles. The monoisotopic (exact) mass is 524 g/mol. The second-order valence-corrected chi connectivity index (χ2v) is 10.00. The van der Waals surface area contributed by atoms with E-state index in [1.165, 1.54) is 12.0 Å². The largest absolute Gasteiger partial charge is 0.507 e. The molecule has 5 rings (SSSR count). The summed E-state index contributed by atoms with van der Waals surface area (Å²) in [6.07, 6.45) is 0.670. The molecule has 0 bridgehead atoms. The molecule has 8 nitrogen and oxygen atoms in total. The third-order valence-electron chi connectivity index (χ3n) is 6.14. The van der Waals surface area contributed by atoms with Gasteiger partial charge in [-0.1, -0.05) is 35.1 Å². The molecule has 1 saturated heterocycles. The van der Waals surface area contributed by atoms with Crippen molar-refractivity contribution in [1.29, 1.82) is 0 Å². The average molecular weight is 525 g/mol. The Balaban J connectivity index is 1.69. The molecule has 10 heteroatoms. The van der Waals surface area contributed by atoms with E-state index >= 15 is 0 Å². The number of halogens is 1. The third kappa shape index (κ3) is 3.94. The number of anilines is 1. The van der Waals surface area contributed by atoms with Gasteiger partial charge in [-0.2, -0.15) is 0 Å². The number of nitrogens with zero attached hydrogens (tertiary/aromatic N) is 2. The molecule has 2 aromatic carbocycles. The molecule has 0 radical (unpaired) electrons. The Labute approximate surface area is 215 Å². The van der Waals surface area contributed by atoms with E-state index in [2.05, 4.69) is 4.98 Å². The fourth-order valence-corrected chi connectivity index (χ4v) is 5.72. The summed E-state index contributed by atoms with van der Waals surface area (Å²) in [6.45, 7) is 3.56. The zero-order valence-electron chi connectivity index (χ0n) is 19.6. The summed E-state index contributed by atoms with van der Waals surface area (Å²) < 4.78 is 10.6. The Morgan fingerprint density at radius 1 is 1.25 bits per heavy atom. The van der Waals surface area contributed by atoms with E-state index in [0.717, 1.165) is 22.6 Å². The predicted octanol–water partition coefficient (Wildman–Crippen LogP) is 4.84. The number of carbonyl (C=O) groups is 3. The van der Waals surface area contributed by atoms with Gasteiger partial charge in [0.1, 0.15) is 22.5 Å². The van der Waals surface area contributed by atoms with Gasteiger partial charge in [0.05, 0.1) is 24.4 Å². The number of thiazole rings is 1. The van der Waals surface area contributed by atoms with Gasteiger partial charge in [0.15, 0.2) is 5.13 Å². The normalized spacial score (nSPS) is 20.4. The molecule has 2 atom stereocenters. The number of fused-ring (bicyclic) bond motifs is 1. The van der Waals surface area contributed by atoms with Crippen LogP contribution in [0.1, 0.15) is 45.0 Å². The molecule has 1 N–H and O–H groups in total. The molecule has 1 aromatic heterocycles. The van der Waals surface area contributed by atoms with Gasteiger partial charge >= 0.3 is 11.9 Å². The number of methoxy groups -OCH3 is 1. The first-order chi connectivity index (χ1) is 17.2. The van der Waals surface area contributed by atoms with Crippen LogP contribution in [0, 0.1) is 6.92 Å². The van der Waals surface area contributed by atoms with Crippen LogP contribution in [0.25, 0.3) is 5.76 Å². The van der Waals surface area contributed by atoms with Gasteiger partial charge in [0.25, 0.3) is 5.78 Å². The summed E-state index contributed by atoms with van der Waals surface area (Å²) in [6, 6.07) is 10.8. The van der Waals surface area contributed by atoms with Crippen molar-refractivity contribution in [2.24, 2.45) is 0 Å². The quantitative estimate of drug-likeness (QED) is 0.225. The van der Waals surface area contributed by atoms with Crippen LogP contribution in [-0.2, 0) is 20.7 Å². The Hall–Kier alpha value is -3.69. The minimum absolute atomic E-state index is 0.00610. The molecule has 184 valence electrons. The fraction of sp³-hybridized carbons (Fsp3) is 0.231. The SMILES string of the molecule is COC(=O)c1sc(N2C(=O)C(=O)C(=C(O)c3ccc4c(c3)CC(C)O4)C2c2cccc(Cl)c2)nc1C. The molecule has 2 aliphatic heterocycles. The molecular formula is C26H21ClN2O6S. The summed E-state index contributed by atoms with van der Waals surface area (Å²) >= 11 is 7.18. The highest BCUT2D eigenvalue weighted by molar-refractivity contribution is 7.17. The molecule has 0 spiro atoms. The zero-order chi connectivity index (χ0) is 25.7. The standard InChI is InChI=1S/C26H21ClN2O6S/c1-12-9-16-10-15(7-8-18(16)35-12)21(30)19-20(14-5-4-6-17(27)11-14)29(24(32)22(19)31)26-28-13(2)23(36-26)25(33)34-3/h4-8,10-12,20,30H,9H2,1-3H3. The van der Waals surface area contributed by atoms with E-state index in [1.807, 2.05) is 6.92 Å². The van der Waals surface area contributed by atoms with Gasteiger partial charge in [-0.3, -0.25) is 14.5 Å². The van der Waals surface area contributed by atoms with Crippen LogP contribution in [-0.4, -0.2) is 41.0 Å². The van der Waals surface area contributed by atoms with Crippen LogP contribution in [0.5, 0.6) is 5.75 Å². The minimum atomic E-state index is -1.01. The lowest BCUT2D eigenvalue weighted by atomic mass is 9.94. The van der Waals surface area contributed by atoms with Crippen LogP contribution in [0.3, 0.4) is 0 Å². The highest BCUT2D eigenvalue weighted by atomic mass is 35.5. The van der Waals surface area contributed by atoms with Crippen LogP contribution >= 0.6 is 22.9 Å². The van der Waals surface area contributed by atoms with Gasteiger partial charge in [-0.15, -0.1) is 0 Å². The predicted molar refractivity (Wildman–Crippen MR) is 135 cm³/mol. The molecule has 0 aliphatic carbocycles. The van der Waals surface area contributed by atoms with Gasteiger partial charge in [-0.05, 0) is 55.3 Å². The topological polar surface area (TPSA) is 106 Å². The number of aryl methyl sites for hydroxylation is 1. The summed E-state index contributed by atoms with van der Waals surface area (Å²) in [5.41, 5.74) is 2.07. The number of aliphatic hydroxyl groups excluding tert-OH is 1. The van der Waals surface area contributed by atoms with Gasteiger partial charge in [0.2, 0.25) is 0 Å². The van der Waals surface area contributed by atoms with E-state index in [-0.39, 0.29) is 27.4 Å². The maximum Gasteiger partial charge on any atom is 0.350 e. The number of rotatable bonds is 4. The fourth-order valence-electron chi connectivity index (χ4n) is 4.51. The van der Waals surface area contributed by atoms with Gasteiger partial charge < -0.3 is 14.6 Å². The summed E-state index contributed by atoms with van der Waals surface area (Å²) in [7, 11) is 1.25. The molecule has 2 unspecified atom stereocenters. The van der Waals surface area contributed by atoms with E-state index in [1.54, 1.807) is 49.4 Å². The maximum absolute atomic E-state index is 13.4. The first kappa shape index (κ1) is 24.0. The number of hydrogen-bond acceptors (Lipinski definition) is 8. The zero-order valence-corrected chi connectivity index (χ0v) is 21.1. The van der Waals surface area contributed by atoms with E-state index in [0.29, 0.717) is 28.3 Å². The summed E-state index contributed by atoms with van der Waals surface area (Å²) in [5, 5.41) is 11.9. The number of ether oxygens (including phenoxy) is 2. The van der Waals surface area contributed by atoms with Crippen LogP contribution in [0.15, 0.2) is 48.0 Å². The van der Waals surface area contributed by atoms with Crippen LogP contribution in [0.2, 0.25) is 5.02 Å². The van der Waals surface area contributed by atoms with Crippen molar-refractivity contribution in [2.45, 2.75) is 32.4 Å². The Morgan fingerprint density at radius 2 is 2.03 bits per heavy atom. The van der Waals surface area contributed by atoms with Crippen molar-refractivity contribution in [1.82, 2.24) is 4.98 Å². The van der Waals surface area contributed by atoms with E-state index < -0.39 is 23.7 Å². The average Bonchev–Trinajstić information content (AvgIpc) is 3.50. The van der Waals surface area contributed by atoms with E-state index in [9.17, 15) is 19.5 Å². The lowest BCUT2D eigenvalue weighted by Crippen LogP contribution is -2.29. The molecule has 0 saturated carbocycles. The number of Topliss-reactive ketones (excluding diaryl/α,β-unsaturated/α-hetero) is 1. The van der Waals surface area contributed by atoms with Crippen molar-refractivity contribution in [3.8, 4) is 5.75 Å². The number of aliphatic hydroxyl groups is 1. The van der Waals surface area contributed by atoms with Crippen molar-refractivity contribution in [3.63, 3.8) is 0 Å². The summed E-state index contributed by atoms with van der Waals surface area (Å²) in [4.78, 5) is 44.7. The highest BCUT2D eigenvalue weighted by Crippen LogP contribution is 2.44. The first-order valence-electron chi connectivity index (χ1n) is 11.1. The molecule has 36 heavy (non-hydrogen) atoms. The number of ketones is 1. The van der Waals surface area contributed by atoms with Crippen LogP contribution < -0.4 is 9.64 Å². The number of amides is 1. The molecule has 2 aliphatic rings. The smallest absolute Gasteiger partial charge is 0.350 e. The number of esters is 1. The van der Waals surface area contributed by atoms with Crippen molar-refractivity contribution in [3.05, 3.63) is 80.3 Å². The van der Waals surface area contributed by atoms with Crippen molar-refractivity contribution < 1.29 is 29.0 Å². The molecule has 1 fully saturated rings. The minimum Gasteiger partial charge on any atom is -0.507 e. The van der Waals surface area contributed by atoms with Crippen molar-refractivity contribution in [2.75, 3.05) is 12.0 Å². The Bertz CT molecular complexity index is 1460. The number of hydrogen-bond donors (Lipinski definition) is 1. The lowest BCUT2D eigenvalue weighted by Gasteiger charge is -2.23. The Kier molecular flexibility index (Phi) is 6.05. The second kappa shape index (κ2) is 9.07. The first-order valence-corrected chi connectivity index (χ1v) is 12.3. The lowest BCUT2D eigenvalue weighted by molar-refractivity contribution is -0.132. The molecule has 1 amide bonds.